The maximum atomic E-state index is 6.47. The van der Waals surface area contributed by atoms with Gasteiger partial charge in [-0.2, -0.15) is 0 Å². The van der Waals surface area contributed by atoms with Crippen LogP contribution in [0.2, 0.25) is 0 Å². The van der Waals surface area contributed by atoms with Gasteiger partial charge in [-0.15, -0.1) is 0 Å². The summed E-state index contributed by atoms with van der Waals surface area (Å²) in [5.74, 6) is 3.35. The molecule has 0 radical (unpaired) electrons. The molecule has 4 nitrogen and oxygen atoms in total. The van der Waals surface area contributed by atoms with E-state index in [2.05, 4.69) is 56.0 Å². The molecule has 0 fully saturated rings. The van der Waals surface area contributed by atoms with Crippen molar-refractivity contribution in [3.05, 3.63) is 151 Å². The zero-order chi connectivity index (χ0) is 28.5. The normalized spacial score (nSPS) is 11.1. The number of hydrogen-bond acceptors (Lipinski definition) is 4. The van der Waals surface area contributed by atoms with Gasteiger partial charge in [0.25, 0.3) is 0 Å². The standard InChI is InChI=1S/C38H27N3O/c1-25-18-19-28-20-21-31-24-32(22-23-33(31)34(28)35(25)42-26(2)27-12-6-3-7-13-27)38-40-36(29-14-8-4-9-15-29)39-37(41-38)30-16-10-5-11-17-30/h3-24H,2H2,1H3. The van der Waals surface area contributed by atoms with E-state index in [1.54, 1.807) is 0 Å². The van der Waals surface area contributed by atoms with Crippen LogP contribution in [-0.2, 0) is 0 Å². The smallest absolute Gasteiger partial charge is 0.164 e. The summed E-state index contributed by atoms with van der Waals surface area (Å²) in [6.07, 6.45) is 0. The van der Waals surface area contributed by atoms with Crippen molar-refractivity contribution in [2.45, 2.75) is 6.92 Å². The highest BCUT2D eigenvalue weighted by Gasteiger charge is 2.15. The van der Waals surface area contributed by atoms with Crippen LogP contribution in [0.4, 0.5) is 0 Å². The molecule has 0 aliphatic heterocycles. The molecule has 0 N–H and O–H groups in total. The van der Waals surface area contributed by atoms with Crippen LogP contribution in [0, 0.1) is 6.92 Å². The van der Waals surface area contributed by atoms with E-state index in [0.29, 0.717) is 23.2 Å². The Hall–Kier alpha value is -5.61. The number of aryl methyl sites for hydroxylation is 1. The van der Waals surface area contributed by atoms with Crippen molar-refractivity contribution in [3.63, 3.8) is 0 Å². The molecule has 0 aliphatic carbocycles. The molecular weight excluding hydrogens is 514 g/mol. The molecule has 1 heterocycles. The Bertz CT molecular complexity index is 2010. The third kappa shape index (κ3) is 4.80. The Labute approximate surface area is 244 Å². The van der Waals surface area contributed by atoms with Crippen molar-refractivity contribution in [1.29, 1.82) is 0 Å². The highest BCUT2D eigenvalue weighted by Crippen LogP contribution is 2.38. The van der Waals surface area contributed by atoms with Crippen LogP contribution in [0.5, 0.6) is 5.75 Å². The Morgan fingerprint density at radius 2 is 1.07 bits per heavy atom. The molecule has 1 aromatic heterocycles. The molecule has 0 atom stereocenters. The minimum absolute atomic E-state index is 0.617. The lowest BCUT2D eigenvalue weighted by atomic mass is 9.97. The van der Waals surface area contributed by atoms with Gasteiger partial charge in [0.2, 0.25) is 0 Å². The summed E-state index contributed by atoms with van der Waals surface area (Å²) < 4.78 is 6.47. The van der Waals surface area contributed by atoms with Gasteiger partial charge in [0.05, 0.1) is 0 Å². The van der Waals surface area contributed by atoms with Gasteiger partial charge in [-0.05, 0) is 34.7 Å². The van der Waals surface area contributed by atoms with Crippen molar-refractivity contribution in [2.24, 2.45) is 0 Å². The van der Waals surface area contributed by atoms with Gasteiger partial charge in [-0.1, -0.05) is 134 Å². The summed E-state index contributed by atoms with van der Waals surface area (Å²) in [7, 11) is 0. The van der Waals surface area contributed by atoms with E-state index in [1.807, 2.05) is 91.0 Å². The predicted molar refractivity (Wildman–Crippen MR) is 172 cm³/mol. The van der Waals surface area contributed by atoms with Crippen molar-refractivity contribution in [2.75, 3.05) is 0 Å². The third-order valence-corrected chi connectivity index (χ3v) is 7.43. The van der Waals surface area contributed by atoms with Crippen molar-refractivity contribution < 1.29 is 4.74 Å². The fourth-order valence-corrected chi connectivity index (χ4v) is 5.24. The Morgan fingerprint density at radius 3 is 1.69 bits per heavy atom. The fraction of sp³-hybridized carbons (Fsp3) is 0.0263. The Morgan fingerprint density at radius 1 is 0.548 bits per heavy atom. The number of hydrogen-bond donors (Lipinski definition) is 0. The first-order valence-corrected chi connectivity index (χ1v) is 13.9. The van der Waals surface area contributed by atoms with Crippen molar-refractivity contribution >= 4 is 27.3 Å². The first kappa shape index (κ1) is 25.4. The highest BCUT2D eigenvalue weighted by atomic mass is 16.5. The molecule has 0 saturated carbocycles. The number of ether oxygens (including phenoxy) is 1. The maximum absolute atomic E-state index is 6.47. The van der Waals surface area contributed by atoms with Crippen molar-refractivity contribution in [3.8, 4) is 39.9 Å². The van der Waals surface area contributed by atoms with Crippen LogP contribution in [-0.4, -0.2) is 15.0 Å². The van der Waals surface area contributed by atoms with Gasteiger partial charge in [0.1, 0.15) is 11.5 Å². The lowest BCUT2D eigenvalue weighted by Crippen LogP contribution is -2.00. The van der Waals surface area contributed by atoms with Crippen LogP contribution in [0.1, 0.15) is 11.1 Å². The molecule has 0 unspecified atom stereocenters. The summed E-state index contributed by atoms with van der Waals surface area (Å²) in [4.78, 5) is 14.7. The Kier molecular flexibility index (Phi) is 6.49. The zero-order valence-corrected chi connectivity index (χ0v) is 23.2. The van der Waals surface area contributed by atoms with Crippen LogP contribution in [0.15, 0.2) is 140 Å². The maximum Gasteiger partial charge on any atom is 0.164 e. The molecule has 42 heavy (non-hydrogen) atoms. The zero-order valence-electron chi connectivity index (χ0n) is 23.2. The number of fused-ring (bicyclic) bond motifs is 3. The minimum atomic E-state index is 0.617. The quantitative estimate of drug-likeness (QED) is 0.155. The molecule has 0 aliphatic rings. The first-order chi connectivity index (χ1) is 20.6. The number of rotatable bonds is 6. The molecular formula is C38H27N3O. The predicted octanol–water partition coefficient (Wildman–Crippen LogP) is 9.54. The van der Waals surface area contributed by atoms with Crippen LogP contribution in [0.25, 0.3) is 61.5 Å². The molecule has 0 saturated heterocycles. The average Bonchev–Trinajstić information content (AvgIpc) is 3.06. The largest absolute Gasteiger partial charge is 0.456 e. The lowest BCUT2D eigenvalue weighted by Gasteiger charge is -2.16. The van der Waals surface area contributed by atoms with Gasteiger partial charge in [-0.25, -0.2) is 15.0 Å². The van der Waals surface area contributed by atoms with Crippen LogP contribution >= 0.6 is 0 Å². The summed E-state index contributed by atoms with van der Waals surface area (Å²) in [5.41, 5.74) is 4.81. The second-order valence-electron chi connectivity index (χ2n) is 10.2. The molecule has 4 heteroatoms. The van der Waals surface area contributed by atoms with Gasteiger partial charge >= 0.3 is 0 Å². The van der Waals surface area contributed by atoms with E-state index in [-0.39, 0.29) is 0 Å². The lowest BCUT2D eigenvalue weighted by molar-refractivity contribution is 0.519. The second kappa shape index (κ2) is 10.8. The Balaban J connectivity index is 1.37. The topological polar surface area (TPSA) is 47.9 Å². The van der Waals surface area contributed by atoms with Gasteiger partial charge in [0.15, 0.2) is 17.5 Å². The highest BCUT2D eigenvalue weighted by molar-refractivity contribution is 6.12. The van der Waals surface area contributed by atoms with Gasteiger partial charge in [-0.3, -0.25) is 0 Å². The average molecular weight is 542 g/mol. The van der Waals surface area contributed by atoms with Gasteiger partial charge < -0.3 is 4.74 Å². The van der Waals surface area contributed by atoms with Crippen LogP contribution < -0.4 is 4.74 Å². The van der Waals surface area contributed by atoms with Crippen LogP contribution in [0.3, 0.4) is 0 Å². The summed E-state index contributed by atoms with van der Waals surface area (Å²) in [6.45, 7) is 6.29. The molecule has 0 amide bonds. The van der Waals surface area contributed by atoms with Crippen molar-refractivity contribution in [1.82, 2.24) is 15.0 Å². The minimum Gasteiger partial charge on any atom is -0.456 e. The summed E-state index contributed by atoms with van der Waals surface area (Å²) in [6, 6.07) is 44.9. The monoisotopic (exact) mass is 541 g/mol. The number of aromatic nitrogens is 3. The summed E-state index contributed by atoms with van der Waals surface area (Å²) in [5, 5.41) is 4.33. The number of nitrogens with zero attached hydrogens (tertiary/aromatic N) is 3. The van der Waals surface area contributed by atoms with E-state index in [9.17, 15) is 0 Å². The molecule has 0 spiro atoms. The molecule has 6 aromatic carbocycles. The molecule has 7 rings (SSSR count). The summed E-state index contributed by atoms with van der Waals surface area (Å²) >= 11 is 0. The molecule has 7 aromatic rings. The van der Waals surface area contributed by atoms with Gasteiger partial charge in [0, 0.05) is 27.6 Å². The second-order valence-corrected chi connectivity index (χ2v) is 10.2. The van der Waals surface area contributed by atoms with E-state index < -0.39 is 0 Å². The van der Waals surface area contributed by atoms with E-state index in [1.165, 1.54) is 0 Å². The van der Waals surface area contributed by atoms with E-state index >= 15 is 0 Å². The molecule has 0 bridgehead atoms. The number of benzene rings is 6. The first-order valence-electron chi connectivity index (χ1n) is 13.9. The SMILES string of the molecule is C=C(Oc1c(C)ccc2ccc3cc(-c4nc(-c5ccccc5)nc(-c5ccccc5)n4)ccc3c12)c1ccccc1. The van der Waals surface area contributed by atoms with E-state index in [0.717, 1.165) is 55.1 Å². The fourth-order valence-electron chi connectivity index (χ4n) is 5.24. The van der Waals surface area contributed by atoms with E-state index in [4.69, 9.17) is 19.7 Å². The third-order valence-electron chi connectivity index (χ3n) is 7.43. The molecule has 200 valence electrons.